The van der Waals surface area contributed by atoms with E-state index in [1.54, 1.807) is 31.4 Å². The largest absolute Gasteiger partial charge is 0.497 e. The first kappa shape index (κ1) is 21.4. The van der Waals surface area contributed by atoms with Gasteiger partial charge >= 0.3 is 0 Å². The first-order chi connectivity index (χ1) is 15.3. The Morgan fingerprint density at radius 2 is 2.16 bits per heavy atom. The molecule has 1 aromatic carbocycles. The first-order valence-corrected chi connectivity index (χ1v) is 9.80. The van der Waals surface area contributed by atoms with Gasteiger partial charge in [0.05, 0.1) is 38.1 Å². The Hall–Kier alpha value is -3.83. The van der Waals surface area contributed by atoms with Gasteiger partial charge in [0.2, 0.25) is 0 Å². The quantitative estimate of drug-likeness (QED) is 0.595. The van der Waals surface area contributed by atoms with Crippen LogP contribution in [0.1, 0.15) is 27.4 Å². The second-order valence-electron chi connectivity index (χ2n) is 7.45. The number of benzene rings is 1. The highest BCUT2D eigenvalue weighted by Gasteiger charge is 2.47. The molecule has 12 heteroatoms. The molecule has 0 spiro atoms. The van der Waals surface area contributed by atoms with E-state index in [2.05, 4.69) is 25.8 Å². The molecule has 0 aliphatic carbocycles. The van der Waals surface area contributed by atoms with Crippen molar-refractivity contribution >= 4 is 11.8 Å². The number of rotatable bonds is 6. The predicted octanol–water partition coefficient (Wildman–Crippen LogP) is 1.59. The molecule has 1 atom stereocenters. The Morgan fingerprint density at radius 3 is 2.91 bits per heavy atom. The van der Waals surface area contributed by atoms with Crippen LogP contribution in [0.15, 0.2) is 36.5 Å². The minimum Gasteiger partial charge on any atom is -0.497 e. The number of ether oxygens (including phenoxy) is 1. The third-order valence-electron chi connectivity index (χ3n) is 5.21. The van der Waals surface area contributed by atoms with Crippen LogP contribution in [0.3, 0.4) is 0 Å². The van der Waals surface area contributed by atoms with Crippen LogP contribution in [0.4, 0.5) is 8.78 Å². The fraction of sp³-hybridized carbons (Fsp3) is 0.350. The van der Waals surface area contributed by atoms with Gasteiger partial charge in [-0.15, -0.1) is 5.10 Å². The van der Waals surface area contributed by atoms with Gasteiger partial charge in [0.25, 0.3) is 17.7 Å². The van der Waals surface area contributed by atoms with Crippen molar-refractivity contribution in [3.8, 4) is 17.0 Å². The van der Waals surface area contributed by atoms with Crippen LogP contribution < -0.4 is 10.1 Å². The Kier molecular flexibility index (Phi) is 5.59. The molecule has 1 unspecified atom stereocenters. The maximum absolute atomic E-state index is 14.2. The highest BCUT2D eigenvalue weighted by Crippen LogP contribution is 2.34. The molecule has 1 fully saturated rings. The van der Waals surface area contributed by atoms with Gasteiger partial charge in [-0.2, -0.15) is 5.10 Å². The fourth-order valence-corrected chi connectivity index (χ4v) is 3.65. The maximum Gasteiger partial charge on any atom is 0.273 e. The molecule has 0 bridgehead atoms. The summed E-state index contributed by atoms with van der Waals surface area (Å²) in [5, 5.41) is 16.7. The van der Waals surface area contributed by atoms with Gasteiger partial charge in [0.1, 0.15) is 11.4 Å². The zero-order valence-corrected chi connectivity index (χ0v) is 17.4. The number of halogens is 2. The monoisotopic (exact) mass is 445 g/mol. The summed E-state index contributed by atoms with van der Waals surface area (Å²) in [4.78, 5) is 25.8. The zero-order chi connectivity index (χ0) is 22.9. The number of carbonyl (C=O) groups excluding carboxylic acids is 2. The highest BCUT2D eigenvalue weighted by atomic mass is 19.3. The average molecular weight is 445 g/mol. The minimum absolute atomic E-state index is 0.0256. The number of likely N-dealkylation sites (tertiary alicyclic amines) is 1. The van der Waals surface area contributed by atoms with Crippen molar-refractivity contribution in [1.82, 2.24) is 35.4 Å². The normalized spacial score (nSPS) is 17.4. The molecule has 1 saturated heterocycles. The zero-order valence-electron chi connectivity index (χ0n) is 17.4. The molecule has 1 aliphatic heterocycles. The van der Waals surface area contributed by atoms with Crippen molar-refractivity contribution in [2.24, 2.45) is 0 Å². The number of hydrogen-bond donors (Lipinski definition) is 2. The minimum atomic E-state index is -3.04. The van der Waals surface area contributed by atoms with E-state index in [9.17, 15) is 18.4 Å². The van der Waals surface area contributed by atoms with E-state index in [0.29, 0.717) is 17.0 Å². The molecule has 4 rings (SSSR count). The first-order valence-electron chi connectivity index (χ1n) is 9.80. The van der Waals surface area contributed by atoms with Gasteiger partial charge in [-0.1, -0.05) is 17.3 Å². The Labute approximate surface area is 181 Å². The van der Waals surface area contributed by atoms with Crippen LogP contribution >= 0.6 is 0 Å². The van der Waals surface area contributed by atoms with Crippen molar-refractivity contribution in [3.05, 3.63) is 47.9 Å². The maximum atomic E-state index is 14.2. The molecule has 2 N–H and O–H groups in total. The van der Waals surface area contributed by atoms with E-state index in [-0.39, 0.29) is 17.9 Å². The lowest BCUT2D eigenvalue weighted by Gasteiger charge is -2.22. The smallest absolute Gasteiger partial charge is 0.273 e. The van der Waals surface area contributed by atoms with Crippen molar-refractivity contribution in [3.63, 3.8) is 0 Å². The summed E-state index contributed by atoms with van der Waals surface area (Å²) in [6, 6.07) is 7.80. The van der Waals surface area contributed by atoms with E-state index in [4.69, 9.17) is 4.74 Å². The molecule has 10 nitrogen and oxygen atoms in total. The number of hydrogen-bond acceptors (Lipinski definition) is 6. The van der Waals surface area contributed by atoms with E-state index in [1.165, 1.54) is 24.0 Å². The topological polar surface area (TPSA) is 118 Å². The summed E-state index contributed by atoms with van der Waals surface area (Å²) in [6.07, 6.45) is 0.833. The number of carbonyl (C=O) groups is 2. The third kappa shape index (κ3) is 4.29. The molecule has 3 aromatic rings. The number of alkyl halides is 2. The number of amides is 2. The average Bonchev–Trinajstić information content (AvgIpc) is 3.52. The van der Waals surface area contributed by atoms with E-state index < -0.39 is 36.7 Å². The van der Waals surface area contributed by atoms with Gasteiger partial charge < -0.3 is 15.0 Å². The molecule has 2 aromatic heterocycles. The number of nitrogens with zero attached hydrogens (tertiary/aromatic N) is 5. The van der Waals surface area contributed by atoms with Crippen LogP contribution in [-0.2, 0) is 6.54 Å². The van der Waals surface area contributed by atoms with Crippen LogP contribution in [-0.4, -0.2) is 74.6 Å². The summed E-state index contributed by atoms with van der Waals surface area (Å²) in [7, 11) is 2.99. The van der Waals surface area contributed by atoms with Crippen molar-refractivity contribution in [2.45, 2.75) is 24.9 Å². The van der Waals surface area contributed by atoms with Gasteiger partial charge in [-0.05, 0) is 18.2 Å². The molecule has 3 heterocycles. The van der Waals surface area contributed by atoms with Gasteiger partial charge in [-0.3, -0.25) is 14.7 Å². The van der Waals surface area contributed by atoms with E-state index >= 15 is 0 Å². The number of aromatic amines is 1. The molecule has 0 radical (unpaired) electrons. The summed E-state index contributed by atoms with van der Waals surface area (Å²) in [6.45, 7) is -0.747. The van der Waals surface area contributed by atoms with Gasteiger partial charge in [0, 0.05) is 19.0 Å². The van der Waals surface area contributed by atoms with E-state index in [1.807, 2.05) is 0 Å². The molecule has 2 amide bonds. The van der Waals surface area contributed by atoms with Crippen molar-refractivity contribution in [1.29, 1.82) is 0 Å². The molecule has 0 saturated carbocycles. The van der Waals surface area contributed by atoms with Crippen LogP contribution in [0.25, 0.3) is 11.3 Å². The molecular formula is C20H21F2N7O3. The second-order valence-corrected chi connectivity index (χ2v) is 7.45. The van der Waals surface area contributed by atoms with E-state index in [0.717, 1.165) is 4.90 Å². The Morgan fingerprint density at radius 1 is 1.34 bits per heavy atom. The van der Waals surface area contributed by atoms with Crippen molar-refractivity contribution < 1.29 is 23.1 Å². The lowest BCUT2D eigenvalue weighted by Crippen LogP contribution is -2.39. The van der Waals surface area contributed by atoms with Crippen LogP contribution in [0, 0.1) is 0 Å². The highest BCUT2D eigenvalue weighted by molar-refractivity contribution is 5.94. The summed E-state index contributed by atoms with van der Waals surface area (Å²) >= 11 is 0. The number of aromatic nitrogens is 5. The fourth-order valence-electron chi connectivity index (χ4n) is 3.65. The van der Waals surface area contributed by atoms with Gasteiger partial charge in [0.15, 0.2) is 5.69 Å². The molecule has 168 valence electrons. The third-order valence-corrected chi connectivity index (χ3v) is 5.21. The Bertz CT molecular complexity index is 1140. The standard InChI is InChI=1S/C20H21F2N7O3/c1-23-18(30)17-10-28(27-26-17)9-13-8-20(21,22)11-29(13)19(31)16-7-15(24-25-16)12-4-3-5-14(6-12)32-2/h3-7,10,13H,8-9,11H2,1-2H3,(H,23,30)(H,24,25). The number of methoxy groups -OCH3 is 1. The summed E-state index contributed by atoms with van der Waals surface area (Å²) in [5.41, 5.74) is 1.36. The lowest BCUT2D eigenvalue weighted by molar-refractivity contribution is 0.0116. The van der Waals surface area contributed by atoms with Crippen LogP contribution in [0.5, 0.6) is 5.75 Å². The Balaban J connectivity index is 1.54. The van der Waals surface area contributed by atoms with Crippen LogP contribution in [0.2, 0.25) is 0 Å². The summed E-state index contributed by atoms with van der Waals surface area (Å²) in [5.74, 6) is -3.45. The number of nitrogens with one attached hydrogen (secondary N) is 2. The van der Waals surface area contributed by atoms with Gasteiger partial charge in [-0.25, -0.2) is 13.5 Å². The number of H-pyrrole nitrogens is 1. The lowest BCUT2D eigenvalue weighted by atomic mass is 10.1. The molecule has 1 aliphatic rings. The molecule has 32 heavy (non-hydrogen) atoms. The van der Waals surface area contributed by atoms with Crippen molar-refractivity contribution in [2.75, 3.05) is 20.7 Å². The summed E-state index contributed by atoms with van der Waals surface area (Å²) < 4.78 is 34.9. The second kappa shape index (κ2) is 8.36. The predicted molar refractivity (Wildman–Crippen MR) is 108 cm³/mol. The SMILES string of the molecule is CNC(=O)c1cn(CC2CC(F)(F)CN2C(=O)c2cc(-c3cccc(OC)c3)n[nH]2)nn1. The molecular weight excluding hydrogens is 424 g/mol.